The van der Waals surface area contributed by atoms with E-state index in [2.05, 4.69) is 37.5 Å². The van der Waals surface area contributed by atoms with Gasteiger partial charge in [-0.15, -0.1) is 0 Å². The molecule has 2 aliphatic carbocycles. The van der Waals surface area contributed by atoms with Gasteiger partial charge in [0.05, 0.1) is 30.1 Å². The minimum absolute atomic E-state index is 0.128. The van der Waals surface area contributed by atoms with Crippen LogP contribution in [0.5, 0.6) is 5.75 Å². The molecule has 2 aromatic rings. The van der Waals surface area contributed by atoms with Gasteiger partial charge >= 0.3 is 0 Å². The maximum Gasteiger partial charge on any atom is 0.235 e. The highest BCUT2D eigenvalue weighted by Crippen LogP contribution is 2.65. The van der Waals surface area contributed by atoms with Gasteiger partial charge in [-0.1, -0.05) is 0 Å². The number of aromatic nitrogens is 2. The largest absolute Gasteiger partial charge is 0.497 e. The summed E-state index contributed by atoms with van der Waals surface area (Å²) in [6, 6.07) is 6.33. The van der Waals surface area contributed by atoms with Gasteiger partial charge in [0.25, 0.3) is 0 Å². The van der Waals surface area contributed by atoms with E-state index < -0.39 is 0 Å². The fourth-order valence-corrected chi connectivity index (χ4v) is 6.34. The third-order valence-corrected chi connectivity index (χ3v) is 8.11. The topological polar surface area (TPSA) is 100 Å². The predicted octanol–water partition coefficient (Wildman–Crippen LogP) is 2.64. The summed E-state index contributed by atoms with van der Waals surface area (Å²) in [7, 11) is 1.68. The maximum absolute atomic E-state index is 13.0. The van der Waals surface area contributed by atoms with E-state index in [9.17, 15) is 4.79 Å². The molecule has 3 heterocycles. The number of aryl methyl sites for hydroxylation is 2. The molecule has 3 fully saturated rings. The molecule has 6 rings (SSSR count). The Kier molecular flexibility index (Phi) is 4.45. The number of nitrogens with zero attached hydrogens (tertiary/aromatic N) is 2. The Morgan fingerprint density at radius 2 is 2.09 bits per heavy atom. The molecular weight excluding hydrogens is 404 g/mol. The molecule has 1 aromatic carbocycles. The second kappa shape index (κ2) is 7.15. The Bertz CT molecular complexity index is 1090. The van der Waals surface area contributed by atoms with Gasteiger partial charge in [-0.2, -0.15) is 0 Å². The number of carbonyl (C=O) groups excluding carboxylic acids is 1. The van der Waals surface area contributed by atoms with Crippen molar-refractivity contribution >= 4 is 17.4 Å². The quantitative estimate of drug-likeness (QED) is 0.587. The summed E-state index contributed by atoms with van der Waals surface area (Å²) in [5.41, 5.74) is 10.5. The average Bonchev–Trinajstić information content (AvgIpc) is 3.35. The lowest BCUT2D eigenvalue weighted by molar-refractivity contribution is -0.118. The molecule has 2 saturated carbocycles. The van der Waals surface area contributed by atoms with Crippen LogP contribution in [-0.4, -0.2) is 35.2 Å². The van der Waals surface area contributed by atoms with E-state index in [0.29, 0.717) is 23.8 Å². The van der Waals surface area contributed by atoms with Crippen molar-refractivity contribution in [3.05, 3.63) is 41.3 Å². The van der Waals surface area contributed by atoms with Gasteiger partial charge in [-0.3, -0.25) is 15.2 Å². The lowest BCUT2D eigenvalue weighted by Crippen LogP contribution is -2.39. The molecule has 1 saturated heterocycles. The van der Waals surface area contributed by atoms with Gasteiger partial charge in [-0.25, -0.2) is 10.4 Å². The number of hydrazine groups is 1. The van der Waals surface area contributed by atoms with Crippen LogP contribution in [0.1, 0.15) is 42.6 Å². The molecule has 4 unspecified atom stereocenters. The molecule has 1 aromatic heterocycles. The highest BCUT2D eigenvalue weighted by atomic mass is 16.5. The monoisotopic (exact) mass is 434 g/mol. The van der Waals surface area contributed by atoms with E-state index in [4.69, 9.17) is 4.74 Å². The van der Waals surface area contributed by atoms with Gasteiger partial charge in [0.1, 0.15) is 11.6 Å². The predicted molar refractivity (Wildman–Crippen MR) is 121 cm³/mol. The first-order valence-corrected chi connectivity index (χ1v) is 11.6. The summed E-state index contributed by atoms with van der Waals surface area (Å²) in [6.07, 6.45) is 6.20. The van der Waals surface area contributed by atoms with E-state index in [1.54, 1.807) is 13.3 Å². The van der Waals surface area contributed by atoms with Gasteiger partial charge in [-0.05, 0) is 75.1 Å². The summed E-state index contributed by atoms with van der Waals surface area (Å²) in [5, 5.41) is 6.68. The Balaban J connectivity index is 1.16. The van der Waals surface area contributed by atoms with Gasteiger partial charge in [0, 0.05) is 23.8 Å². The summed E-state index contributed by atoms with van der Waals surface area (Å²) in [6.45, 7) is 3.95. The number of carbonyl (C=O) groups is 1. The van der Waals surface area contributed by atoms with Crippen LogP contribution in [0.4, 0.5) is 11.5 Å². The Morgan fingerprint density at radius 3 is 2.94 bits per heavy atom. The van der Waals surface area contributed by atoms with Crippen molar-refractivity contribution in [3.63, 3.8) is 0 Å². The number of fused-ring (bicyclic) bond motifs is 3. The molecule has 2 aliphatic heterocycles. The highest BCUT2D eigenvalue weighted by molar-refractivity contribution is 6.09. The van der Waals surface area contributed by atoms with Crippen molar-refractivity contribution in [1.82, 2.24) is 20.8 Å². The van der Waals surface area contributed by atoms with E-state index in [1.807, 2.05) is 26.0 Å². The first kappa shape index (κ1) is 19.9. The number of anilines is 2. The zero-order valence-electron chi connectivity index (χ0n) is 18.7. The SMILES string of the molecule is COc1ccc2c(c1)[C@]1(C[C@H]1C1CCC3C(C1)NNC3Nc1nc(C)cnc1C)C(=O)N2. The number of nitrogens with one attached hydrogen (secondary N) is 4. The molecule has 4 aliphatic rings. The van der Waals surface area contributed by atoms with Crippen molar-refractivity contribution in [3.8, 4) is 5.75 Å². The normalized spacial score (nSPS) is 34.7. The number of hydrogen-bond acceptors (Lipinski definition) is 7. The van der Waals surface area contributed by atoms with Crippen LogP contribution in [0.3, 0.4) is 0 Å². The number of methoxy groups -OCH3 is 1. The summed E-state index contributed by atoms with van der Waals surface area (Å²) in [5.74, 6) is 3.24. The van der Waals surface area contributed by atoms with Gasteiger partial charge in [0.15, 0.2) is 0 Å². The van der Waals surface area contributed by atoms with Crippen LogP contribution in [0, 0.1) is 31.6 Å². The van der Waals surface area contributed by atoms with Crippen molar-refractivity contribution < 1.29 is 9.53 Å². The first-order chi connectivity index (χ1) is 15.5. The molecular formula is C24H30N6O2. The fourth-order valence-electron chi connectivity index (χ4n) is 6.34. The van der Waals surface area contributed by atoms with Crippen LogP contribution in [-0.2, 0) is 10.2 Å². The molecule has 4 N–H and O–H groups in total. The highest BCUT2D eigenvalue weighted by Gasteiger charge is 2.67. The van der Waals surface area contributed by atoms with Gasteiger partial charge < -0.3 is 15.4 Å². The third-order valence-electron chi connectivity index (χ3n) is 8.11. The van der Waals surface area contributed by atoms with Crippen LogP contribution in [0.2, 0.25) is 0 Å². The Hall–Kier alpha value is -2.71. The van der Waals surface area contributed by atoms with Crippen molar-refractivity contribution in [2.75, 3.05) is 17.7 Å². The van der Waals surface area contributed by atoms with Crippen LogP contribution < -0.4 is 26.2 Å². The number of hydrogen-bond donors (Lipinski definition) is 4. The van der Waals surface area contributed by atoms with E-state index in [1.165, 1.54) is 0 Å². The molecule has 1 amide bonds. The van der Waals surface area contributed by atoms with Crippen LogP contribution in [0.15, 0.2) is 24.4 Å². The molecule has 32 heavy (non-hydrogen) atoms. The average molecular weight is 435 g/mol. The van der Waals surface area contributed by atoms with Crippen molar-refractivity contribution in [2.45, 2.75) is 57.2 Å². The lowest BCUT2D eigenvalue weighted by atomic mass is 9.74. The standard InChI is InChI=1S/C24H30N6O2/c1-12-11-25-13(2)21(26-12)28-22-16-6-4-14(8-20(16)29-30-22)18-10-24(18)17-9-15(32-3)5-7-19(17)27-23(24)31/h5,7,9,11,14,16,18,20,22,29-30H,4,6,8,10H2,1-3H3,(H,26,28)(H,27,31)/t14?,16?,18-,20?,22?,24-/m0/s1. The molecule has 6 atom stereocenters. The smallest absolute Gasteiger partial charge is 0.235 e. The van der Waals surface area contributed by atoms with Crippen molar-refractivity contribution in [1.29, 1.82) is 0 Å². The second-order valence-electron chi connectivity index (χ2n) is 9.85. The molecule has 168 valence electrons. The summed E-state index contributed by atoms with van der Waals surface area (Å²) >= 11 is 0. The lowest BCUT2D eigenvalue weighted by Gasteiger charge is -2.34. The number of benzene rings is 1. The molecule has 0 radical (unpaired) electrons. The van der Waals surface area contributed by atoms with Crippen molar-refractivity contribution in [2.24, 2.45) is 17.8 Å². The van der Waals surface area contributed by atoms with Crippen LogP contribution >= 0.6 is 0 Å². The van der Waals surface area contributed by atoms with Gasteiger partial charge in [0.2, 0.25) is 5.91 Å². The minimum Gasteiger partial charge on any atom is -0.497 e. The molecule has 1 spiro atoms. The van der Waals surface area contributed by atoms with E-state index in [0.717, 1.165) is 59.9 Å². The van der Waals surface area contributed by atoms with E-state index in [-0.39, 0.29) is 17.5 Å². The molecule has 0 bridgehead atoms. The van der Waals surface area contributed by atoms with E-state index >= 15 is 0 Å². The Labute approximate surface area is 187 Å². The summed E-state index contributed by atoms with van der Waals surface area (Å²) in [4.78, 5) is 22.1. The molecule has 8 heteroatoms. The fraction of sp³-hybridized carbons (Fsp3) is 0.542. The summed E-state index contributed by atoms with van der Waals surface area (Å²) < 4.78 is 5.44. The molecule has 8 nitrogen and oxygen atoms in total. The third kappa shape index (κ3) is 2.93. The zero-order valence-corrected chi connectivity index (χ0v) is 18.7. The maximum atomic E-state index is 13.0. The second-order valence-corrected chi connectivity index (χ2v) is 9.85. The van der Waals surface area contributed by atoms with Crippen LogP contribution in [0.25, 0.3) is 0 Å². The number of rotatable bonds is 4. The minimum atomic E-state index is -0.362. The Morgan fingerprint density at radius 1 is 1.22 bits per heavy atom. The zero-order chi connectivity index (χ0) is 22.0. The number of amides is 1. The first-order valence-electron chi connectivity index (χ1n) is 11.6. The number of ether oxygens (including phenoxy) is 1.